The van der Waals surface area contributed by atoms with Gasteiger partial charge in [-0.05, 0) is 17.7 Å². The molecule has 2 N–H and O–H groups in total. The minimum absolute atomic E-state index is 0.103. The first kappa shape index (κ1) is 10.1. The number of nitrogens with zero attached hydrogens (tertiary/aromatic N) is 1. The Kier molecular flexibility index (Phi) is 3.08. The molecule has 1 aromatic rings. The average molecular weight is 192 g/mol. The third kappa shape index (κ3) is 2.23. The number of benzene rings is 1. The third-order valence-electron chi connectivity index (χ3n) is 1.73. The highest BCUT2D eigenvalue weighted by Gasteiger charge is 2.22. The van der Waals surface area contributed by atoms with Crippen LogP contribution in [0.2, 0.25) is 0 Å². The van der Waals surface area contributed by atoms with Crippen molar-refractivity contribution < 1.29 is 15.0 Å². The van der Waals surface area contributed by atoms with Crippen LogP contribution in [0.15, 0.2) is 24.3 Å². The summed E-state index contributed by atoms with van der Waals surface area (Å²) in [5.41, 5.74) is 0.543. The maximum absolute atomic E-state index is 10.8. The van der Waals surface area contributed by atoms with Crippen LogP contribution in [0.1, 0.15) is 11.5 Å². The Morgan fingerprint density at radius 2 is 2.00 bits per heavy atom. The molecule has 14 heavy (non-hydrogen) atoms. The number of aromatic hydroxyl groups is 1. The van der Waals surface area contributed by atoms with Crippen LogP contribution in [0.25, 0.3) is 4.85 Å². The Morgan fingerprint density at radius 3 is 2.43 bits per heavy atom. The van der Waals surface area contributed by atoms with Crippen molar-refractivity contribution >= 4 is 5.97 Å². The molecule has 1 aromatic carbocycles. The fourth-order valence-corrected chi connectivity index (χ4v) is 1.07. The fraction of sp³-hybridized carbons (Fsp3) is 0.200. The Morgan fingerprint density at radius 1 is 1.43 bits per heavy atom. The predicted molar refractivity (Wildman–Crippen MR) is 51.7 cm³/mol. The summed E-state index contributed by atoms with van der Waals surface area (Å²) in [6, 6.07) is 8.40. The molecule has 72 valence electrons. The Bertz CT molecular complexity index is 386. The molecule has 0 aliphatic carbocycles. The van der Waals surface area contributed by atoms with E-state index >= 15 is 0 Å². The summed E-state index contributed by atoms with van der Waals surface area (Å²) in [5.74, 6) is -1.78. The monoisotopic (exact) mass is 192 g/mol. The number of carboxylic acid groups (broad SMARTS) is 1. The second-order valence-corrected chi connectivity index (χ2v) is 2.72. The van der Waals surface area contributed by atoms with Crippen molar-refractivity contribution in [3.8, 4) is 11.8 Å². The van der Waals surface area contributed by atoms with Gasteiger partial charge in [0.25, 0.3) is 13.1 Å². The topological polar surface area (TPSA) is 61.9 Å². The predicted octanol–water partition coefficient (Wildman–Crippen LogP) is 1.52. The van der Waals surface area contributed by atoms with Crippen molar-refractivity contribution in [2.45, 2.75) is 5.92 Å². The van der Waals surface area contributed by atoms with Gasteiger partial charge in [-0.1, -0.05) is 17.0 Å². The number of carboxylic acids is 1. The van der Waals surface area contributed by atoms with Gasteiger partial charge in [-0.3, -0.25) is 4.79 Å². The van der Waals surface area contributed by atoms with Crippen molar-refractivity contribution in [3.63, 3.8) is 0 Å². The molecule has 1 atom stereocenters. The van der Waals surface area contributed by atoms with Gasteiger partial charge in [0.15, 0.2) is 0 Å². The van der Waals surface area contributed by atoms with Crippen molar-refractivity contribution in [1.29, 1.82) is 0 Å². The molecule has 0 radical (unpaired) electrons. The first-order valence-corrected chi connectivity index (χ1v) is 4.01. The van der Waals surface area contributed by atoms with Gasteiger partial charge in [-0.25, -0.2) is 0 Å². The highest BCUT2D eigenvalue weighted by atomic mass is 16.4. The highest BCUT2D eigenvalue weighted by molar-refractivity contribution is 5.79. The van der Waals surface area contributed by atoms with Crippen molar-refractivity contribution in [2.75, 3.05) is 7.05 Å². The van der Waals surface area contributed by atoms with Crippen molar-refractivity contribution in [2.24, 2.45) is 0 Å². The van der Waals surface area contributed by atoms with Crippen LogP contribution in [0.4, 0.5) is 0 Å². The average Bonchev–Trinajstić information content (AvgIpc) is 2.15. The Labute approximate surface area is 81.2 Å². The molecule has 0 aliphatic rings. The molecule has 0 amide bonds. The molecule has 0 bridgehead atoms. The molecule has 4 nitrogen and oxygen atoms in total. The maximum Gasteiger partial charge on any atom is 0.330 e. The lowest BCUT2D eigenvalue weighted by molar-refractivity contribution is -0.137. The first-order valence-electron chi connectivity index (χ1n) is 4.01. The second kappa shape index (κ2) is 4.28. The zero-order valence-electron chi connectivity index (χ0n) is 7.64. The Balaban J connectivity index is 3.03. The van der Waals surface area contributed by atoms with Gasteiger partial charge >= 0.3 is 5.97 Å². The van der Waals surface area contributed by atoms with Crippen LogP contribution < -0.4 is 0 Å². The maximum atomic E-state index is 10.8. The van der Waals surface area contributed by atoms with E-state index < -0.39 is 11.9 Å². The molecule has 1 unspecified atom stereocenters. The van der Waals surface area contributed by atoms with E-state index in [-0.39, 0.29) is 5.75 Å². The van der Waals surface area contributed by atoms with E-state index in [1.165, 1.54) is 31.3 Å². The van der Waals surface area contributed by atoms with Crippen LogP contribution in [-0.4, -0.2) is 23.2 Å². The van der Waals surface area contributed by atoms with Gasteiger partial charge in [0.1, 0.15) is 5.75 Å². The molecule has 0 aromatic heterocycles. The minimum Gasteiger partial charge on any atom is -0.508 e. The van der Waals surface area contributed by atoms with Gasteiger partial charge in [0.2, 0.25) is 5.92 Å². The molecule has 0 heterocycles. The van der Waals surface area contributed by atoms with Crippen LogP contribution in [0.3, 0.4) is 0 Å². The quantitative estimate of drug-likeness (QED) is 0.746. The van der Waals surface area contributed by atoms with E-state index in [0.29, 0.717) is 5.56 Å². The summed E-state index contributed by atoms with van der Waals surface area (Å²) in [6.07, 6.45) is 0. The number of hydrogen-bond acceptors (Lipinski definition) is 2. The van der Waals surface area contributed by atoms with E-state index in [4.69, 9.17) is 10.2 Å². The summed E-state index contributed by atoms with van der Waals surface area (Å²) in [6.45, 7) is 0. The van der Waals surface area contributed by atoms with Crippen molar-refractivity contribution in [3.05, 3.63) is 34.7 Å². The van der Waals surface area contributed by atoms with E-state index in [1.807, 2.05) is 0 Å². The molecule has 0 fully saturated rings. The van der Waals surface area contributed by atoms with Gasteiger partial charge in [-0.15, -0.1) is 0 Å². The molecule has 0 aliphatic heterocycles. The number of rotatable bonds is 2. The fourth-order valence-electron chi connectivity index (χ4n) is 1.07. The van der Waals surface area contributed by atoms with Gasteiger partial charge in [0.05, 0.1) is 0 Å². The van der Waals surface area contributed by atoms with Crippen LogP contribution in [0, 0.1) is 6.07 Å². The third-order valence-corrected chi connectivity index (χ3v) is 1.73. The van der Waals surface area contributed by atoms with Gasteiger partial charge in [-0.2, -0.15) is 0 Å². The largest absolute Gasteiger partial charge is 0.508 e. The standard InChI is InChI=1S/C10H9NO3/c1-11-6-9(10(13)14)7-2-4-8(12)5-3-7/h2-5,9H,1H3,(H-,12,13,14)/p+1. The van der Waals surface area contributed by atoms with E-state index in [2.05, 4.69) is 10.9 Å². The zero-order chi connectivity index (χ0) is 10.6. The zero-order valence-corrected chi connectivity index (χ0v) is 7.64. The first-order chi connectivity index (χ1) is 6.65. The van der Waals surface area contributed by atoms with Gasteiger partial charge < -0.3 is 10.2 Å². The summed E-state index contributed by atoms with van der Waals surface area (Å²) < 4.78 is 0. The number of phenolic OH excluding ortho intramolecular Hbond substituents is 1. The normalized spacial score (nSPS) is 11.2. The molecule has 0 saturated carbocycles. The summed E-state index contributed by atoms with van der Waals surface area (Å²) >= 11 is 0. The molecule has 0 spiro atoms. The number of hydrogen-bond donors (Lipinski definition) is 2. The lowest BCUT2D eigenvalue weighted by atomic mass is 10.0. The van der Waals surface area contributed by atoms with Crippen LogP contribution in [-0.2, 0) is 4.79 Å². The van der Waals surface area contributed by atoms with E-state index in [9.17, 15) is 4.79 Å². The smallest absolute Gasteiger partial charge is 0.330 e. The Hall–Kier alpha value is -2.02. The van der Waals surface area contributed by atoms with E-state index in [0.717, 1.165) is 0 Å². The van der Waals surface area contributed by atoms with Crippen LogP contribution >= 0.6 is 0 Å². The SMILES string of the molecule is C[N+]#CC(C(=O)O)c1ccc(O)cc1. The molecule has 4 heteroatoms. The second-order valence-electron chi connectivity index (χ2n) is 2.72. The minimum atomic E-state index is -1.01. The number of aliphatic carboxylic acids is 1. The van der Waals surface area contributed by atoms with Crippen molar-refractivity contribution in [1.82, 2.24) is 0 Å². The summed E-state index contributed by atoms with van der Waals surface area (Å²) in [7, 11) is 1.47. The summed E-state index contributed by atoms with van der Waals surface area (Å²) in [4.78, 5) is 14.4. The van der Waals surface area contributed by atoms with Gasteiger partial charge in [0, 0.05) is 0 Å². The highest BCUT2D eigenvalue weighted by Crippen LogP contribution is 2.18. The van der Waals surface area contributed by atoms with Crippen LogP contribution in [0.5, 0.6) is 5.75 Å². The molecule has 0 saturated heterocycles. The molecular weight excluding hydrogens is 182 g/mol. The lowest BCUT2D eigenvalue weighted by Crippen LogP contribution is -2.08. The van der Waals surface area contributed by atoms with E-state index in [1.54, 1.807) is 0 Å². The summed E-state index contributed by atoms with van der Waals surface area (Å²) in [5, 5.41) is 17.9. The molecule has 1 rings (SSSR count). The number of carbonyl (C=O) groups is 1. The number of phenols is 1. The molecular formula is C10H10NO3+. The lowest BCUT2D eigenvalue weighted by Gasteiger charge is -2.00.